The number of fused-ring (bicyclic) bond motifs is 3. The van der Waals surface area contributed by atoms with Crippen LogP contribution in [-0.4, -0.2) is 4.98 Å². The minimum absolute atomic E-state index is 0.382. The van der Waals surface area contributed by atoms with Gasteiger partial charge in [-0.25, -0.2) is 4.39 Å². The van der Waals surface area contributed by atoms with Crippen molar-refractivity contribution in [3.05, 3.63) is 66.1 Å². The van der Waals surface area contributed by atoms with Crippen LogP contribution in [-0.2, 0) is 0 Å². The van der Waals surface area contributed by atoms with Crippen molar-refractivity contribution in [2.75, 3.05) is 0 Å². The Labute approximate surface area is 125 Å². The number of nitrogens with zero attached hydrogens (tertiary/aromatic N) is 2. The molecular formula is C18H9FN2O. The maximum Gasteiger partial charge on any atom is 0.153 e. The zero-order chi connectivity index (χ0) is 15.1. The Hall–Kier alpha value is -3.19. The SMILES string of the molecule is N#Cc1cccc2c1oc1cc(-c3ccccn3)cc(F)c12. The second-order valence-corrected chi connectivity index (χ2v) is 4.94. The zero-order valence-corrected chi connectivity index (χ0v) is 11.4. The van der Waals surface area contributed by atoms with Gasteiger partial charge in [0, 0.05) is 17.1 Å². The molecule has 4 heteroatoms. The molecule has 0 unspecified atom stereocenters. The van der Waals surface area contributed by atoms with E-state index in [4.69, 9.17) is 9.68 Å². The molecule has 0 bridgehead atoms. The summed E-state index contributed by atoms with van der Waals surface area (Å²) >= 11 is 0. The fourth-order valence-electron chi connectivity index (χ4n) is 2.65. The van der Waals surface area contributed by atoms with Crippen molar-refractivity contribution < 1.29 is 8.81 Å². The minimum atomic E-state index is -0.382. The third-order valence-corrected chi connectivity index (χ3v) is 3.63. The van der Waals surface area contributed by atoms with Gasteiger partial charge in [0.1, 0.15) is 17.5 Å². The highest BCUT2D eigenvalue weighted by molar-refractivity contribution is 6.07. The number of nitriles is 1. The standard InChI is InChI=1S/C18H9FN2O/c19-14-8-12(15-6-1-2-7-21-15)9-16-17(14)13-5-3-4-11(10-20)18(13)22-16/h1-9H. The van der Waals surface area contributed by atoms with E-state index < -0.39 is 0 Å². The topological polar surface area (TPSA) is 49.8 Å². The number of halogens is 1. The summed E-state index contributed by atoms with van der Waals surface area (Å²) in [4.78, 5) is 4.22. The second-order valence-electron chi connectivity index (χ2n) is 4.94. The summed E-state index contributed by atoms with van der Waals surface area (Å²) in [5.74, 6) is -0.382. The molecule has 2 aromatic heterocycles. The molecule has 0 saturated carbocycles. The predicted octanol–water partition coefficient (Wildman–Crippen LogP) is 4.66. The lowest BCUT2D eigenvalue weighted by molar-refractivity contribution is 0.634. The lowest BCUT2D eigenvalue weighted by Crippen LogP contribution is -1.84. The lowest BCUT2D eigenvalue weighted by atomic mass is 10.1. The largest absolute Gasteiger partial charge is 0.455 e. The molecule has 3 nitrogen and oxygen atoms in total. The Kier molecular flexibility index (Phi) is 2.67. The normalized spacial score (nSPS) is 10.9. The molecule has 2 aromatic carbocycles. The van der Waals surface area contributed by atoms with Gasteiger partial charge in [-0.2, -0.15) is 5.26 Å². The number of hydrogen-bond acceptors (Lipinski definition) is 3. The number of para-hydroxylation sites is 1. The van der Waals surface area contributed by atoms with Crippen LogP contribution >= 0.6 is 0 Å². The molecule has 0 N–H and O–H groups in total. The molecule has 0 saturated heterocycles. The van der Waals surface area contributed by atoms with Crippen LogP contribution in [0.15, 0.2) is 59.1 Å². The summed E-state index contributed by atoms with van der Waals surface area (Å²) in [5.41, 5.74) is 2.54. The minimum Gasteiger partial charge on any atom is -0.455 e. The molecule has 0 aliphatic heterocycles. The van der Waals surface area contributed by atoms with Crippen molar-refractivity contribution in [3.63, 3.8) is 0 Å². The monoisotopic (exact) mass is 288 g/mol. The highest BCUT2D eigenvalue weighted by atomic mass is 19.1. The second kappa shape index (κ2) is 4.68. The fourth-order valence-corrected chi connectivity index (χ4v) is 2.65. The molecule has 0 atom stereocenters. The van der Waals surface area contributed by atoms with E-state index in [0.717, 1.165) is 0 Å². The van der Waals surface area contributed by atoms with E-state index in [2.05, 4.69) is 11.1 Å². The predicted molar refractivity (Wildman–Crippen MR) is 81.6 cm³/mol. The Morgan fingerprint density at radius 1 is 1.09 bits per heavy atom. The maximum absolute atomic E-state index is 14.6. The summed E-state index contributed by atoms with van der Waals surface area (Å²) in [6.07, 6.45) is 1.66. The van der Waals surface area contributed by atoms with Crippen molar-refractivity contribution in [1.29, 1.82) is 5.26 Å². The van der Waals surface area contributed by atoms with Gasteiger partial charge < -0.3 is 4.42 Å². The molecule has 2 heterocycles. The molecule has 4 rings (SSSR count). The van der Waals surface area contributed by atoms with Gasteiger partial charge in [0.15, 0.2) is 5.58 Å². The first-order chi connectivity index (χ1) is 10.8. The summed E-state index contributed by atoms with van der Waals surface area (Å²) in [6, 6.07) is 15.9. The van der Waals surface area contributed by atoms with E-state index in [1.54, 1.807) is 36.5 Å². The van der Waals surface area contributed by atoms with E-state index in [0.29, 0.717) is 38.8 Å². The Balaban J connectivity index is 2.08. The molecule has 0 amide bonds. The number of rotatable bonds is 1. The molecule has 0 aliphatic rings. The zero-order valence-electron chi connectivity index (χ0n) is 11.4. The first-order valence-electron chi connectivity index (χ1n) is 6.74. The Bertz CT molecular complexity index is 1050. The van der Waals surface area contributed by atoms with Gasteiger partial charge in [-0.3, -0.25) is 4.98 Å². The van der Waals surface area contributed by atoms with Crippen LogP contribution < -0.4 is 0 Å². The molecule has 22 heavy (non-hydrogen) atoms. The first kappa shape index (κ1) is 12.5. The summed E-state index contributed by atoms with van der Waals surface area (Å²) < 4.78 is 20.3. The van der Waals surface area contributed by atoms with E-state index >= 15 is 0 Å². The van der Waals surface area contributed by atoms with Crippen LogP contribution in [0.3, 0.4) is 0 Å². The molecule has 0 fully saturated rings. The van der Waals surface area contributed by atoms with Crippen LogP contribution in [0.4, 0.5) is 4.39 Å². The molecule has 0 radical (unpaired) electrons. The summed E-state index contributed by atoms with van der Waals surface area (Å²) in [7, 11) is 0. The maximum atomic E-state index is 14.6. The Morgan fingerprint density at radius 2 is 2.00 bits per heavy atom. The highest BCUT2D eigenvalue weighted by Gasteiger charge is 2.16. The highest BCUT2D eigenvalue weighted by Crippen LogP contribution is 2.35. The first-order valence-corrected chi connectivity index (χ1v) is 6.74. The van der Waals surface area contributed by atoms with Crippen LogP contribution in [0.5, 0.6) is 0 Å². The fraction of sp³-hybridized carbons (Fsp3) is 0. The van der Waals surface area contributed by atoms with Crippen LogP contribution in [0.2, 0.25) is 0 Å². The summed E-state index contributed by atoms with van der Waals surface area (Å²) in [6.45, 7) is 0. The third-order valence-electron chi connectivity index (χ3n) is 3.63. The molecule has 104 valence electrons. The van der Waals surface area contributed by atoms with E-state index in [1.165, 1.54) is 6.07 Å². The van der Waals surface area contributed by atoms with Crippen molar-refractivity contribution in [3.8, 4) is 17.3 Å². The van der Waals surface area contributed by atoms with Crippen molar-refractivity contribution in [2.24, 2.45) is 0 Å². The number of hydrogen-bond donors (Lipinski definition) is 0. The number of furan rings is 1. The quantitative estimate of drug-likeness (QED) is 0.512. The average molecular weight is 288 g/mol. The van der Waals surface area contributed by atoms with Crippen LogP contribution in [0.1, 0.15) is 5.56 Å². The van der Waals surface area contributed by atoms with E-state index in [1.807, 2.05) is 12.1 Å². The van der Waals surface area contributed by atoms with Crippen molar-refractivity contribution >= 4 is 21.9 Å². The molecule has 0 spiro atoms. The Morgan fingerprint density at radius 3 is 2.77 bits per heavy atom. The van der Waals surface area contributed by atoms with Gasteiger partial charge in [-0.15, -0.1) is 0 Å². The summed E-state index contributed by atoms with van der Waals surface area (Å²) in [5, 5.41) is 10.2. The number of aromatic nitrogens is 1. The van der Waals surface area contributed by atoms with Gasteiger partial charge in [-0.1, -0.05) is 18.2 Å². The van der Waals surface area contributed by atoms with Crippen molar-refractivity contribution in [1.82, 2.24) is 4.98 Å². The van der Waals surface area contributed by atoms with Gasteiger partial charge in [-0.05, 0) is 30.3 Å². The van der Waals surface area contributed by atoms with E-state index in [9.17, 15) is 4.39 Å². The van der Waals surface area contributed by atoms with Gasteiger partial charge >= 0.3 is 0 Å². The molecular weight excluding hydrogens is 279 g/mol. The molecule has 0 aliphatic carbocycles. The van der Waals surface area contributed by atoms with Crippen molar-refractivity contribution in [2.45, 2.75) is 0 Å². The van der Waals surface area contributed by atoms with Gasteiger partial charge in [0.25, 0.3) is 0 Å². The number of pyridine rings is 1. The third kappa shape index (κ3) is 1.76. The van der Waals surface area contributed by atoms with Crippen LogP contribution in [0.25, 0.3) is 33.2 Å². The van der Waals surface area contributed by atoms with Gasteiger partial charge in [0.05, 0.1) is 16.6 Å². The number of benzene rings is 2. The average Bonchev–Trinajstić information content (AvgIpc) is 2.94. The van der Waals surface area contributed by atoms with Gasteiger partial charge in [0.2, 0.25) is 0 Å². The van der Waals surface area contributed by atoms with E-state index in [-0.39, 0.29) is 5.82 Å². The van der Waals surface area contributed by atoms with Crippen LogP contribution in [0, 0.1) is 17.1 Å². The smallest absolute Gasteiger partial charge is 0.153 e. The molecule has 4 aromatic rings. The lowest BCUT2D eigenvalue weighted by Gasteiger charge is -2.01.